The predicted octanol–water partition coefficient (Wildman–Crippen LogP) is 7.90. The van der Waals surface area contributed by atoms with Crippen molar-refractivity contribution < 1.29 is 0 Å². The highest BCUT2D eigenvalue weighted by atomic mass is 15.4. The maximum Gasteiger partial charge on any atom is 0.162 e. The topological polar surface area (TPSA) is 60.4 Å². The van der Waals surface area contributed by atoms with E-state index in [1.165, 1.54) is 0 Å². The minimum atomic E-state index is 0.678. The molecule has 6 heteroatoms. The normalized spacial score (nSPS) is 16.1. The molecule has 2 aliphatic rings. The molecule has 39 heavy (non-hydrogen) atoms. The first kappa shape index (κ1) is 23.0. The second kappa shape index (κ2) is 7.71. The van der Waals surface area contributed by atoms with Gasteiger partial charge in [-0.15, -0.1) is 0 Å². The van der Waals surface area contributed by atoms with Crippen LogP contribution in [0.4, 0.5) is 0 Å². The summed E-state index contributed by atoms with van der Waals surface area (Å²) in [7, 11) is 0. The van der Waals surface area contributed by atoms with Crippen molar-refractivity contribution >= 4 is 80.0 Å². The van der Waals surface area contributed by atoms with Crippen LogP contribution in [-0.2, 0) is 0 Å². The zero-order valence-corrected chi connectivity index (χ0v) is 22.3. The van der Waals surface area contributed by atoms with Gasteiger partial charge in [-0.3, -0.25) is 0 Å². The molecular weight excluding hydrogens is 480 g/mol. The minimum Gasteiger partial charge on any atom is -0.228 e. The number of allylic oxidation sites excluding steroid dienone is 7. The molecule has 6 aromatic heterocycles. The van der Waals surface area contributed by atoms with Gasteiger partial charge in [-0.2, -0.15) is 0 Å². The van der Waals surface area contributed by atoms with Crippen molar-refractivity contribution in [1.82, 2.24) is 29.0 Å². The van der Waals surface area contributed by atoms with E-state index in [-0.39, 0.29) is 0 Å². The molecule has 0 spiro atoms. The van der Waals surface area contributed by atoms with E-state index in [2.05, 4.69) is 52.8 Å². The maximum atomic E-state index is 5.42. The number of hydrogen-bond acceptors (Lipinski definition) is 4. The highest BCUT2D eigenvalue weighted by Gasteiger charge is 2.34. The Morgan fingerprint density at radius 2 is 0.897 bits per heavy atom. The standard InChI is InChI=1S/C33H26N6/c1-9-15-23-18(10-2)28-25-24-26-16(7)17(8)27(24)35-31-20(12-4)22(14-6)33(37-29(23)25)39(31)38-30(34-26)19(11-3)21(13-5)32(38)36-28/h9-15H,1,3-6H2,2,7-8H3/b18-10+,23-15?,25-24?,34-26?,34-30?,35-27?,35-31?,36-28?,36-32?,37-29?,37-33?. The predicted molar refractivity (Wildman–Crippen MR) is 165 cm³/mol. The highest BCUT2D eigenvalue weighted by molar-refractivity contribution is 6.24. The average molecular weight is 507 g/mol. The Labute approximate surface area is 225 Å². The zero-order valence-electron chi connectivity index (χ0n) is 22.3. The van der Waals surface area contributed by atoms with Gasteiger partial charge in [0.05, 0.1) is 22.8 Å². The molecule has 6 heterocycles. The summed E-state index contributed by atoms with van der Waals surface area (Å²) in [6.45, 7) is 26.9. The van der Waals surface area contributed by atoms with Crippen molar-refractivity contribution in [3.63, 3.8) is 0 Å². The lowest BCUT2D eigenvalue weighted by molar-refractivity contribution is 0.875. The Morgan fingerprint density at radius 1 is 0.538 bits per heavy atom. The van der Waals surface area contributed by atoms with Gasteiger partial charge in [0, 0.05) is 44.2 Å². The summed E-state index contributed by atoms with van der Waals surface area (Å²) in [5.74, 6) is 0. The smallest absolute Gasteiger partial charge is 0.162 e. The molecule has 0 aromatic carbocycles. The quantitative estimate of drug-likeness (QED) is 0.243. The number of hydrogen-bond donors (Lipinski definition) is 0. The SMILES string of the molecule is C=CC=C1/C(=C\C)c2nc3c(C=C)c(C=C)c4nc5c6c(nc7c(C=C)c(C=C)c(nc1c26)n7n43)C(C)=C5C. The maximum absolute atomic E-state index is 5.42. The van der Waals surface area contributed by atoms with Crippen LogP contribution in [-0.4, -0.2) is 29.0 Å². The third-order valence-electron chi connectivity index (χ3n) is 8.08. The summed E-state index contributed by atoms with van der Waals surface area (Å²) in [6.07, 6.45) is 13.2. The number of aromatic nitrogens is 6. The zero-order chi connectivity index (χ0) is 27.3. The van der Waals surface area contributed by atoms with Crippen LogP contribution in [0.3, 0.4) is 0 Å². The first-order valence-corrected chi connectivity index (χ1v) is 12.8. The van der Waals surface area contributed by atoms with Crippen molar-refractivity contribution in [1.29, 1.82) is 0 Å². The van der Waals surface area contributed by atoms with E-state index in [1.807, 2.05) is 46.3 Å². The molecule has 2 aliphatic carbocycles. The summed E-state index contributed by atoms with van der Waals surface area (Å²) in [6, 6.07) is 0. The second-order valence-corrected chi connectivity index (χ2v) is 9.75. The molecule has 0 unspecified atom stereocenters. The lowest BCUT2D eigenvalue weighted by Crippen LogP contribution is -2.03. The van der Waals surface area contributed by atoms with E-state index in [0.29, 0.717) is 22.6 Å². The molecule has 0 aliphatic heterocycles. The molecular formula is C33H26N6. The van der Waals surface area contributed by atoms with Gasteiger partial charge in [-0.1, -0.05) is 75.4 Å². The average Bonchev–Trinajstić information content (AvgIpc) is 3.61. The van der Waals surface area contributed by atoms with E-state index < -0.39 is 0 Å². The van der Waals surface area contributed by atoms with Crippen molar-refractivity contribution in [2.45, 2.75) is 20.8 Å². The fraction of sp³-hybridized carbons (Fsp3) is 0.0909. The number of nitrogens with zero attached hydrogens (tertiary/aromatic N) is 6. The van der Waals surface area contributed by atoms with Gasteiger partial charge < -0.3 is 0 Å². The van der Waals surface area contributed by atoms with Gasteiger partial charge >= 0.3 is 0 Å². The van der Waals surface area contributed by atoms with Crippen molar-refractivity contribution in [3.05, 3.63) is 96.2 Å². The molecule has 0 atom stereocenters. The van der Waals surface area contributed by atoms with E-state index in [1.54, 1.807) is 6.08 Å². The van der Waals surface area contributed by atoms with Gasteiger partial charge in [-0.25, -0.2) is 29.0 Å². The fourth-order valence-corrected chi connectivity index (χ4v) is 6.22. The molecule has 0 amide bonds. The molecule has 6 aromatic rings. The largest absolute Gasteiger partial charge is 0.228 e. The van der Waals surface area contributed by atoms with Gasteiger partial charge in [0.15, 0.2) is 22.6 Å². The third kappa shape index (κ3) is 2.51. The minimum absolute atomic E-state index is 0.678. The molecule has 0 fully saturated rings. The first-order valence-electron chi connectivity index (χ1n) is 12.8. The second-order valence-electron chi connectivity index (χ2n) is 9.75. The molecule has 0 saturated carbocycles. The molecule has 0 saturated heterocycles. The fourth-order valence-electron chi connectivity index (χ4n) is 6.22. The molecule has 12 bridgehead atoms. The van der Waals surface area contributed by atoms with Crippen LogP contribution in [0.5, 0.6) is 0 Å². The van der Waals surface area contributed by atoms with Crippen LogP contribution in [0.2, 0.25) is 0 Å². The monoisotopic (exact) mass is 506 g/mol. The number of rotatable bonds is 5. The van der Waals surface area contributed by atoms with Crippen LogP contribution >= 0.6 is 0 Å². The highest BCUT2D eigenvalue weighted by Crippen LogP contribution is 2.49. The Kier molecular flexibility index (Phi) is 4.56. The van der Waals surface area contributed by atoms with Crippen LogP contribution in [0.15, 0.2) is 51.1 Å². The van der Waals surface area contributed by atoms with Crippen LogP contribution < -0.4 is 0 Å². The van der Waals surface area contributed by atoms with Crippen molar-refractivity contribution in [2.75, 3.05) is 0 Å². The van der Waals surface area contributed by atoms with Crippen LogP contribution in [0, 0.1) is 0 Å². The summed E-state index contributed by atoms with van der Waals surface area (Å²) in [4.78, 5) is 21.6. The van der Waals surface area contributed by atoms with Gasteiger partial charge in [0.1, 0.15) is 0 Å². The Hall–Kier alpha value is -5.10. The summed E-state index contributed by atoms with van der Waals surface area (Å²) in [5, 5.41) is 1.85. The van der Waals surface area contributed by atoms with Crippen LogP contribution in [0.1, 0.15) is 65.8 Å². The van der Waals surface area contributed by atoms with E-state index >= 15 is 0 Å². The van der Waals surface area contributed by atoms with Gasteiger partial charge in [0.2, 0.25) is 0 Å². The lowest BCUT2D eigenvalue weighted by Gasteiger charge is -2.06. The molecule has 0 radical (unpaired) electrons. The summed E-state index contributed by atoms with van der Waals surface area (Å²) >= 11 is 0. The van der Waals surface area contributed by atoms with Crippen LogP contribution in [0.25, 0.3) is 80.0 Å². The Morgan fingerprint density at radius 3 is 1.26 bits per heavy atom. The van der Waals surface area contributed by atoms with E-state index in [4.69, 9.17) is 19.9 Å². The lowest BCUT2D eigenvalue weighted by atomic mass is 10.1. The van der Waals surface area contributed by atoms with E-state index in [9.17, 15) is 0 Å². The molecule has 188 valence electrons. The van der Waals surface area contributed by atoms with Gasteiger partial charge in [-0.05, 0) is 31.9 Å². The first-order chi connectivity index (χ1) is 18.9. The summed E-state index contributed by atoms with van der Waals surface area (Å²) < 4.78 is 4.00. The summed E-state index contributed by atoms with van der Waals surface area (Å²) in [5.41, 5.74) is 13.5. The molecule has 8 rings (SSSR count). The van der Waals surface area contributed by atoms with Crippen molar-refractivity contribution in [2.24, 2.45) is 0 Å². The molecule has 6 nitrogen and oxygen atoms in total. The van der Waals surface area contributed by atoms with Gasteiger partial charge in [0.25, 0.3) is 0 Å². The van der Waals surface area contributed by atoms with E-state index in [0.717, 1.165) is 78.1 Å². The Bertz CT molecular complexity index is 2140. The third-order valence-corrected chi connectivity index (χ3v) is 8.08. The Balaban J connectivity index is 2.08. The van der Waals surface area contributed by atoms with Crippen molar-refractivity contribution in [3.8, 4) is 0 Å². The molecule has 0 N–H and O–H groups in total.